The van der Waals surface area contributed by atoms with Crippen LogP contribution in [0.5, 0.6) is 0 Å². The molecule has 1 amide bonds. The van der Waals surface area contributed by atoms with E-state index in [1.165, 1.54) is 6.07 Å². The third-order valence-electron chi connectivity index (χ3n) is 3.30. The third kappa shape index (κ3) is 3.45. The summed E-state index contributed by atoms with van der Waals surface area (Å²) >= 11 is 5.76. The van der Waals surface area contributed by atoms with Crippen LogP contribution in [0.25, 0.3) is 0 Å². The molecule has 104 valence electrons. The maximum absolute atomic E-state index is 13.5. The van der Waals surface area contributed by atoms with Gasteiger partial charge >= 0.3 is 0 Å². The SMILES string of the molecule is CC1COC(CCl)CN1C(=O)Cc1ccccc1F. The molecular formula is C14H17ClFNO2. The Bertz CT molecular complexity index is 455. The van der Waals surface area contributed by atoms with E-state index in [4.69, 9.17) is 16.3 Å². The van der Waals surface area contributed by atoms with Gasteiger partial charge in [0.2, 0.25) is 5.91 Å². The van der Waals surface area contributed by atoms with Crippen LogP contribution < -0.4 is 0 Å². The van der Waals surface area contributed by atoms with Crippen molar-refractivity contribution >= 4 is 17.5 Å². The van der Waals surface area contributed by atoms with E-state index in [2.05, 4.69) is 0 Å². The molecule has 2 rings (SSSR count). The average Bonchev–Trinajstić information content (AvgIpc) is 2.42. The predicted molar refractivity (Wildman–Crippen MR) is 71.7 cm³/mol. The van der Waals surface area contributed by atoms with E-state index in [0.29, 0.717) is 24.6 Å². The standard InChI is InChI=1S/C14H17ClFNO2/c1-10-9-19-12(7-15)8-17(10)14(18)6-11-4-2-3-5-13(11)16/h2-5,10,12H,6-9H2,1H3. The number of nitrogens with zero attached hydrogens (tertiary/aromatic N) is 1. The lowest BCUT2D eigenvalue weighted by atomic mass is 10.1. The van der Waals surface area contributed by atoms with Crippen molar-refractivity contribution in [2.24, 2.45) is 0 Å². The third-order valence-corrected chi connectivity index (χ3v) is 3.64. The molecule has 1 fully saturated rings. The van der Waals surface area contributed by atoms with Gasteiger partial charge in [0.15, 0.2) is 0 Å². The van der Waals surface area contributed by atoms with Crippen LogP contribution in [0.2, 0.25) is 0 Å². The largest absolute Gasteiger partial charge is 0.373 e. The number of halogens is 2. The van der Waals surface area contributed by atoms with E-state index < -0.39 is 0 Å². The Labute approximate surface area is 117 Å². The van der Waals surface area contributed by atoms with E-state index in [9.17, 15) is 9.18 Å². The van der Waals surface area contributed by atoms with Crippen LogP contribution in [0, 0.1) is 5.82 Å². The Morgan fingerprint density at radius 2 is 2.26 bits per heavy atom. The van der Waals surface area contributed by atoms with Crippen LogP contribution in [-0.2, 0) is 16.0 Å². The monoisotopic (exact) mass is 285 g/mol. The molecule has 1 aromatic rings. The molecule has 0 bridgehead atoms. The Balaban J connectivity index is 2.04. The molecule has 2 atom stereocenters. The molecule has 0 radical (unpaired) electrons. The highest BCUT2D eigenvalue weighted by Crippen LogP contribution is 2.16. The van der Waals surface area contributed by atoms with E-state index in [1.54, 1.807) is 23.1 Å². The zero-order valence-electron chi connectivity index (χ0n) is 10.8. The van der Waals surface area contributed by atoms with Gasteiger partial charge in [-0.1, -0.05) is 18.2 Å². The topological polar surface area (TPSA) is 29.5 Å². The Hall–Kier alpha value is -1.13. The van der Waals surface area contributed by atoms with E-state index in [1.807, 2.05) is 6.92 Å². The number of morpholine rings is 1. The molecule has 0 spiro atoms. The molecule has 0 aliphatic carbocycles. The molecule has 5 heteroatoms. The number of hydrogen-bond donors (Lipinski definition) is 0. The maximum atomic E-state index is 13.5. The van der Waals surface area contributed by atoms with Crippen LogP contribution >= 0.6 is 11.6 Å². The van der Waals surface area contributed by atoms with E-state index >= 15 is 0 Å². The number of benzene rings is 1. The van der Waals surface area contributed by atoms with Gasteiger partial charge in [-0.2, -0.15) is 0 Å². The Morgan fingerprint density at radius 1 is 1.53 bits per heavy atom. The average molecular weight is 286 g/mol. The van der Waals surface area contributed by atoms with Crippen molar-refractivity contribution in [3.05, 3.63) is 35.6 Å². The number of hydrogen-bond acceptors (Lipinski definition) is 2. The lowest BCUT2D eigenvalue weighted by molar-refractivity contribution is -0.142. The van der Waals surface area contributed by atoms with E-state index in [0.717, 1.165) is 0 Å². The first kappa shape index (κ1) is 14.3. The Morgan fingerprint density at radius 3 is 2.95 bits per heavy atom. The van der Waals surface area contributed by atoms with Crippen molar-refractivity contribution < 1.29 is 13.9 Å². The molecule has 0 saturated carbocycles. The first-order valence-corrected chi connectivity index (χ1v) is 6.85. The van der Waals surface area contributed by atoms with Gasteiger partial charge in [0.1, 0.15) is 5.82 Å². The highest BCUT2D eigenvalue weighted by Gasteiger charge is 2.29. The van der Waals surface area contributed by atoms with Crippen molar-refractivity contribution in [1.29, 1.82) is 0 Å². The van der Waals surface area contributed by atoms with Gasteiger partial charge < -0.3 is 9.64 Å². The minimum Gasteiger partial charge on any atom is -0.373 e. The maximum Gasteiger partial charge on any atom is 0.227 e. The molecule has 1 aromatic carbocycles. The van der Waals surface area contributed by atoms with Gasteiger partial charge in [0, 0.05) is 6.54 Å². The number of carbonyl (C=O) groups excluding carboxylic acids is 1. The van der Waals surface area contributed by atoms with Crippen LogP contribution in [0.1, 0.15) is 12.5 Å². The minimum absolute atomic E-state index is 0.00117. The van der Waals surface area contributed by atoms with Crippen LogP contribution in [0.4, 0.5) is 4.39 Å². The van der Waals surface area contributed by atoms with Gasteiger partial charge in [-0.3, -0.25) is 4.79 Å². The van der Waals surface area contributed by atoms with Gasteiger partial charge in [-0.15, -0.1) is 11.6 Å². The fourth-order valence-electron chi connectivity index (χ4n) is 2.16. The fraction of sp³-hybridized carbons (Fsp3) is 0.500. The number of alkyl halides is 1. The molecule has 2 unspecified atom stereocenters. The van der Waals surface area contributed by atoms with Crippen molar-refractivity contribution in [2.75, 3.05) is 19.0 Å². The smallest absolute Gasteiger partial charge is 0.227 e. The van der Waals surface area contributed by atoms with Gasteiger partial charge in [-0.25, -0.2) is 4.39 Å². The number of ether oxygens (including phenoxy) is 1. The number of amides is 1. The zero-order valence-corrected chi connectivity index (χ0v) is 11.6. The van der Waals surface area contributed by atoms with Gasteiger partial charge in [-0.05, 0) is 18.6 Å². The number of rotatable bonds is 3. The quantitative estimate of drug-likeness (QED) is 0.797. The summed E-state index contributed by atoms with van der Waals surface area (Å²) in [7, 11) is 0. The van der Waals surface area contributed by atoms with E-state index in [-0.39, 0.29) is 30.3 Å². The summed E-state index contributed by atoms with van der Waals surface area (Å²) in [6.07, 6.45) is -0.0612. The van der Waals surface area contributed by atoms with Crippen molar-refractivity contribution in [3.8, 4) is 0 Å². The second-order valence-corrected chi connectivity index (χ2v) is 5.08. The van der Waals surface area contributed by atoms with Crippen LogP contribution in [-0.4, -0.2) is 42.0 Å². The first-order chi connectivity index (χ1) is 9.11. The lowest BCUT2D eigenvalue weighted by Crippen LogP contribution is -2.52. The van der Waals surface area contributed by atoms with Gasteiger partial charge in [0.25, 0.3) is 0 Å². The second-order valence-electron chi connectivity index (χ2n) is 4.77. The van der Waals surface area contributed by atoms with Crippen LogP contribution in [0.3, 0.4) is 0 Å². The summed E-state index contributed by atoms with van der Waals surface area (Å²) in [6, 6.07) is 6.35. The zero-order chi connectivity index (χ0) is 13.8. The molecule has 1 aliphatic rings. The second kappa shape index (κ2) is 6.35. The minimum atomic E-state index is -0.342. The summed E-state index contributed by atoms with van der Waals surface area (Å²) in [6.45, 7) is 2.86. The molecule has 1 heterocycles. The lowest BCUT2D eigenvalue weighted by Gasteiger charge is -2.37. The van der Waals surface area contributed by atoms with Gasteiger partial charge in [0.05, 0.1) is 31.1 Å². The normalized spacial score (nSPS) is 23.4. The molecular weight excluding hydrogens is 269 g/mol. The molecule has 1 saturated heterocycles. The van der Waals surface area contributed by atoms with Crippen molar-refractivity contribution in [2.45, 2.75) is 25.5 Å². The highest BCUT2D eigenvalue weighted by atomic mass is 35.5. The summed E-state index contributed by atoms with van der Waals surface area (Å²) in [5.41, 5.74) is 0.425. The summed E-state index contributed by atoms with van der Waals surface area (Å²) < 4.78 is 19.0. The molecule has 19 heavy (non-hydrogen) atoms. The highest BCUT2D eigenvalue weighted by molar-refractivity contribution is 6.18. The van der Waals surface area contributed by atoms with Crippen molar-refractivity contribution in [3.63, 3.8) is 0 Å². The predicted octanol–water partition coefficient (Wildman–Crippen LogP) is 2.22. The molecule has 1 aliphatic heterocycles. The fourth-order valence-corrected chi connectivity index (χ4v) is 2.35. The Kier molecular flexibility index (Phi) is 4.77. The number of carbonyl (C=O) groups is 1. The summed E-state index contributed by atoms with van der Waals surface area (Å²) in [5, 5.41) is 0. The molecule has 0 N–H and O–H groups in total. The van der Waals surface area contributed by atoms with Crippen LogP contribution in [0.15, 0.2) is 24.3 Å². The van der Waals surface area contributed by atoms with Crippen molar-refractivity contribution in [1.82, 2.24) is 4.90 Å². The molecule has 0 aromatic heterocycles. The first-order valence-electron chi connectivity index (χ1n) is 6.32. The summed E-state index contributed by atoms with van der Waals surface area (Å²) in [5.74, 6) is -0.0717. The summed E-state index contributed by atoms with van der Waals surface area (Å²) in [4.78, 5) is 14.0. The molecule has 3 nitrogen and oxygen atoms in total.